The third-order valence-corrected chi connectivity index (χ3v) is 6.30. The van der Waals surface area contributed by atoms with E-state index in [1.807, 2.05) is 67.8 Å². The predicted molar refractivity (Wildman–Crippen MR) is 128 cm³/mol. The highest BCUT2D eigenvalue weighted by Gasteiger charge is 2.25. The Balaban J connectivity index is 1.58. The number of rotatable bonds is 4. The molecule has 1 aromatic heterocycles. The molecule has 3 aromatic rings. The van der Waals surface area contributed by atoms with Gasteiger partial charge in [-0.15, -0.1) is 11.3 Å². The summed E-state index contributed by atoms with van der Waals surface area (Å²) in [5, 5.41) is 5.73. The average Bonchev–Trinajstić information content (AvgIpc) is 3.32. The summed E-state index contributed by atoms with van der Waals surface area (Å²) in [7, 11) is 0. The van der Waals surface area contributed by atoms with Gasteiger partial charge in [-0.05, 0) is 61.0 Å². The number of thioether (sulfide) groups is 1. The van der Waals surface area contributed by atoms with Crippen LogP contribution in [0.25, 0.3) is 6.08 Å². The van der Waals surface area contributed by atoms with Crippen LogP contribution in [-0.2, 0) is 9.59 Å². The van der Waals surface area contributed by atoms with Crippen molar-refractivity contribution in [2.75, 3.05) is 4.90 Å². The van der Waals surface area contributed by atoms with Crippen LogP contribution in [0.5, 0.6) is 0 Å². The molecule has 6 nitrogen and oxygen atoms in total. The minimum Gasteiger partial charge on any atom is -0.300 e. The Morgan fingerprint density at radius 2 is 1.94 bits per heavy atom. The highest BCUT2D eigenvalue weighted by atomic mass is 32.2. The molecule has 0 atom stereocenters. The molecule has 1 fully saturated rings. The summed E-state index contributed by atoms with van der Waals surface area (Å²) in [6.45, 7) is 5.50. The largest absolute Gasteiger partial charge is 0.300 e. The molecule has 156 valence electrons. The van der Waals surface area contributed by atoms with Gasteiger partial charge in [-0.2, -0.15) is 0 Å². The maximum Gasteiger partial charge on any atom is 0.264 e. The van der Waals surface area contributed by atoms with Gasteiger partial charge in [0.1, 0.15) is 0 Å². The van der Waals surface area contributed by atoms with E-state index in [4.69, 9.17) is 0 Å². The van der Waals surface area contributed by atoms with Gasteiger partial charge in [-0.1, -0.05) is 30.3 Å². The summed E-state index contributed by atoms with van der Waals surface area (Å²) in [5.41, 5.74) is 4.35. The van der Waals surface area contributed by atoms with E-state index in [0.29, 0.717) is 20.9 Å². The Bertz CT molecular complexity index is 1220. The first-order valence-corrected chi connectivity index (χ1v) is 11.3. The number of thiazole rings is 1. The first-order chi connectivity index (χ1) is 14.9. The number of aryl methyl sites for hydroxylation is 2. The molecule has 1 saturated heterocycles. The zero-order chi connectivity index (χ0) is 22.0. The van der Waals surface area contributed by atoms with Gasteiger partial charge in [-0.3, -0.25) is 14.5 Å². The Labute approximate surface area is 188 Å². The van der Waals surface area contributed by atoms with Crippen LogP contribution < -0.4 is 10.2 Å². The van der Waals surface area contributed by atoms with Crippen molar-refractivity contribution in [1.82, 2.24) is 10.3 Å². The fourth-order valence-electron chi connectivity index (χ4n) is 3.01. The van der Waals surface area contributed by atoms with Gasteiger partial charge in [0.2, 0.25) is 5.91 Å². The van der Waals surface area contributed by atoms with Gasteiger partial charge in [0.25, 0.3) is 5.91 Å². The van der Waals surface area contributed by atoms with Gasteiger partial charge < -0.3 is 5.32 Å². The second kappa shape index (κ2) is 8.87. The van der Waals surface area contributed by atoms with E-state index >= 15 is 0 Å². The standard InChI is InChI=1S/C23H20N4O2S2/c1-14-9-10-15(2)19(11-14)25-22-26-21(29)20(31-22)12-17-13-30-23(24-17)27(16(3)28)18-7-5-4-6-8-18/h4-13H,1-3H3,(H,25,26,29)/b20-12-. The maximum atomic E-state index is 12.4. The highest BCUT2D eigenvalue weighted by Crippen LogP contribution is 2.32. The fraction of sp³-hybridized carbons (Fsp3) is 0.130. The molecular weight excluding hydrogens is 428 g/mol. The average molecular weight is 449 g/mol. The molecule has 0 bridgehead atoms. The zero-order valence-electron chi connectivity index (χ0n) is 17.2. The number of benzene rings is 2. The lowest BCUT2D eigenvalue weighted by atomic mass is 10.1. The quantitative estimate of drug-likeness (QED) is 0.547. The number of carbonyl (C=O) groups is 2. The predicted octanol–water partition coefficient (Wildman–Crippen LogP) is 5.34. The molecule has 0 spiro atoms. The Morgan fingerprint density at radius 1 is 1.16 bits per heavy atom. The van der Waals surface area contributed by atoms with Crippen molar-refractivity contribution in [3.63, 3.8) is 0 Å². The molecule has 0 saturated carbocycles. The molecule has 2 amide bonds. The first-order valence-electron chi connectivity index (χ1n) is 9.59. The fourth-order valence-corrected chi connectivity index (χ4v) is 4.68. The number of nitrogens with one attached hydrogen (secondary N) is 1. The number of amides is 2. The molecule has 0 aliphatic carbocycles. The Hall–Kier alpha value is -3.23. The molecule has 2 heterocycles. The van der Waals surface area contributed by atoms with Gasteiger partial charge >= 0.3 is 0 Å². The third kappa shape index (κ3) is 4.76. The number of hydrogen-bond donors (Lipinski definition) is 1. The topological polar surface area (TPSA) is 74.7 Å². The maximum absolute atomic E-state index is 12.4. The Kier molecular flexibility index (Phi) is 6.01. The second-order valence-corrected chi connectivity index (χ2v) is 8.88. The van der Waals surface area contributed by atoms with Crippen LogP contribution in [-0.4, -0.2) is 22.0 Å². The number of amidine groups is 1. The van der Waals surface area contributed by atoms with Gasteiger partial charge in [0.05, 0.1) is 22.0 Å². The lowest BCUT2D eigenvalue weighted by Crippen LogP contribution is -2.22. The summed E-state index contributed by atoms with van der Waals surface area (Å²) in [5.74, 6) is -0.342. The highest BCUT2D eigenvalue weighted by molar-refractivity contribution is 8.18. The van der Waals surface area contributed by atoms with Crippen LogP contribution in [0.1, 0.15) is 23.7 Å². The number of anilines is 2. The summed E-state index contributed by atoms with van der Waals surface area (Å²) in [6.07, 6.45) is 1.72. The van der Waals surface area contributed by atoms with Crippen molar-refractivity contribution in [2.24, 2.45) is 4.99 Å². The van der Waals surface area contributed by atoms with E-state index < -0.39 is 0 Å². The number of para-hydroxylation sites is 1. The normalized spacial score (nSPS) is 16.0. The molecule has 2 aromatic carbocycles. The minimum absolute atomic E-state index is 0.129. The monoisotopic (exact) mass is 448 g/mol. The summed E-state index contributed by atoms with van der Waals surface area (Å²) < 4.78 is 0. The van der Waals surface area contributed by atoms with Crippen molar-refractivity contribution < 1.29 is 9.59 Å². The van der Waals surface area contributed by atoms with Crippen molar-refractivity contribution in [1.29, 1.82) is 0 Å². The molecular formula is C23H20N4O2S2. The molecule has 1 aliphatic rings. The van der Waals surface area contributed by atoms with Crippen LogP contribution in [0.3, 0.4) is 0 Å². The third-order valence-electron chi connectivity index (χ3n) is 4.55. The number of carbonyl (C=O) groups excluding carboxylic acids is 2. The lowest BCUT2D eigenvalue weighted by molar-refractivity contribution is -0.116. The van der Waals surface area contributed by atoms with Crippen molar-refractivity contribution in [3.05, 3.63) is 75.6 Å². The Morgan fingerprint density at radius 3 is 2.68 bits per heavy atom. The van der Waals surface area contributed by atoms with Gasteiger partial charge in [-0.25, -0.2) is 9.98 Å². The second-order valence-electron chi connectivity index (χ2n) is 7.02. The number of nitrogens with zero attached hydrogens (tertiary/aromatic N) is 3. The van der Waals surface area contributed by atoms with Crippen molar-refractivity contribution in [3.8, 4) is 0 Å². The molecule has 1 N–H and O–H groups in total. The van der Waals surface area contributed by atoms with E-state index in [-0.39, 0.29) is 11.8 Å². The van der Waals surface area contributed by atoms with Gasteiger partial charge in [0, 0.05) is 12.3 Å². The van der Waals surface area contributed by atoms with Crippen molar-refractivity contribution in [2.45, 2.75) is 20.8 Å². The first kappa shape index (κ1) is 21.0. The van der Waals surface area contributed by atoms with Crippen LogP contribution in [0.4, 0.5) is 16.5 Å². The van der Waals surface area contributed by atoms with Crippen molar-refractivity contribution >= 4 is 62.7 Å². The van der Waals surface area contributed by atoms with E-state index in [9.17, 15) is 9.59 Å². The molecule has 1 aliphatic heterocycles. The lowest BCUT2D eigenvalue weighted by Gasteiger charge is -2.17. The van der Waals surface area contributed by atoms with Gasteiger partial charge in [0.15, 0.2) is 10.3 Å². The molecule has 31 heavy (non-hydrogen) atoms. The zero-order valence-corrected chi connectivity index (χ0v) is 18.9. The molecule has 4 rings (SSSR count). The summed E-state index contributed by atoms with van der Waals surface area (Å²) in [4.78, 5) is 35.9. The van der Waals surface area contributed by atoms with Crippen LogP contribution >= 0.6 is 23.1 Å². The van der Waals surface area contributed by atoms with Crippen LogP contribution in [0, 0.1) is 13.8 Å². The summed E-state index contributed by atoms with van der Waals surface area (Å²) >= 11 is 2.63. The minimum atomic E-state index is -0.213. The molecule has 0 unspecified atom stereocenters. The van der Waals surface area contributed by atoms with E-state index in [1.165, 1.54) is 30.0 Å². The molecule has 8 heteroatoms. The van der Waals surface area contributed by atoms with Crippen LogP contribution in [0.15, 0.2) is 63.8 Å². The van der Waals surface area contributed by atoms with E-state index in [2.05, 4.69) is 15.3 Å². The van der Waals surface area contributed by atoms with E-state index in [1.54, 1.807) is 11.0 Å². The SMILES string of the molecule is CC(=O)N(c1ccccc1)c1nc(/C=C2\SC(=Nc3cc(C)ccc3C)NC2=O)cs1. The summed E-state index contributed by atoms with van der Waals surface area (Å²) in [6, 6.07) is 15.4. The van der Waals surface area contributed by atoms with E-state index in [0.717, 1.165) is 22.5 Å². The number of hydrogen-bond acceptors (Lipinski definition) is 6. The molecule has 0 radical (unpaired) electrons. The van der Waals surface area contributed by atoms with Crippen LogP contribution in [0.2, 0.25) is 0 Å². The smallest absolute Gasteiger partial charge is 0.264 e. The number of aromatic nitrogens is 1. The number of aliphatic imine (C=N–C) groups is 1.